The zero-order valence-corrected chi connectivity index (χ0v) is 11.9. The summed E-state index contributed by atoms with van der Waals surface area (Å²) in [6.07, 6.45) is 2.10. The number of aliphatic hydroxyl groups is 1. The second-order valence-electron chi connectivity index (χ2n) is 4.82. The highest BCUT2D eigenvalue weighted by Crippen LogP contribution is 2.06. The maximum Gasteiger partial charge on any atom is 0.239 e. The van der Waals surface area contributed by atoms with E-state index in [1.165, 1.54) is 5.56 Å². The lowest BCUT2D eigenvalue weighted by molar-refractivity contribution is -0.133. The van der Waals surface area contributed by atoms with Crippen LogP contribution in [0.2, 0.25) is 0 Å². The van der Waals surface area contributed by atoms with E-state index >= 15 is 0 Å². The van der Waals surface area contributed by atoms with E-state index in [1.807, 2.05) is 30.3 Å². The molecular formula is C15H25N3O2. The van der Waals surface area contributed by atoms with Crippen LogP contribution in [-0.4, -0.2) is 48.2 Å². The number of carbonyl (C=O) groups is 1. The lowest BCUT2D eigenvalue weighted by Crippen LogP contribution is -2.45. The summed E-state index contributed by atoms with van der Waals surface area (Å²) in [7, 11) is 0. The molecule has 5 nitrogen and oxygen atoms in total. The predicted molar refractivity (Wildman–Crippen MR) is 80.1 cm³/mol. The Morgan fingerprint density at radius 3 is 2.55 bits per heavy atom. The van der Waals surface area contributed by atoms with Crippen LogP contribution >= 0.6 is 0 Å². The van der Waals surface area contributed by atoms with Crippen LogP contribution in [0.3, 0.4) is 0 Å². The van der Waals surface area contributed by atoms with Crippen molar-refractivity contribution in [1.29, 1.82) is 0 Å². The van der Waals surface area contributed by atoms with Gasteiger partial charge in [-0.3, -0.25) is 4.79 Å². The fourth-order valence-electron chi connectivity index (χ4n) is 2.06. The minimum atomic E-state index is -0.528. The second kappa shape index (κ2) is 9.47. The summed E-state index contributed by atoms with van der Waals surface area (Å²) in [4.78, 5) is 13.8. The van der Waals surface area contributed by atoms with Gasteiger partial charge in [0.25, 0.3) is 0 Å². The highest BCUT2D eigenvalue weighted by atomic mass is 16.3. The van der Waals surface area contributed by atoms with Crippen molar-refractivity contribution in [3.8, 4) is 0 Å². The van der Waals surface area contributed by atoms with E-state index in [2.05, 4.69) is 0 Å². The fraction of sp³-hybridized carbons (Fsp3) is 0.533. The average molecular weight is 279 g/mol. The minimum absolute atomic E-state index is 0.0539. The van der Waals surface area contributed by atoms with E-state index in [0.29, 0.717) is 26.1 Å². The molecule has 0 saturated heterocycles. The highest BCUT2D eigenvalue weighted by Gasteiger charge is 2.19. The third-order valence-corrected chi connectivity index (χ3v) is 3.22. The van der Waals surface area contributed by atoms with Gasteiger partial charge in [-0.1, -0.05) is 30.3 Å². The number of hydrogen-bond acceptors (Lipinski definition) is 4. The molecule has 5 N–H and O–H groups in total. The standard InChI is InChI=1S/C15H25N3O2/c16-9-4-10-18(11-12-19)15(20)14(17)8-7-13-5-2-1-3-6-13/h1-3,5-6,14,19H,4,7-12,16-17H2/t14-/m1/s1. The Kier molecular flexibility index (Phi) is 7.87. The molecule has 0 aromatic heterocycles. The third-order valence-electron chi connectivity index (χ3n) is 3.22. The number of amides is 1. The lowest BCUT2D eigenvalue weighted by atomic mass is 10.0. The molecule has 0 bridgehead atoms. The minimum Gasteiger partial charge on any atom is -0.395 e. The number of carbonyl (C=O) groups excluding carboxylic acids is 1. The molecule has 0 aliphatic rings. The van der Waals surface area contributed by atoms with Crippen molar-refractivity contribution in [3.63, 3.8) is 0 Å². The summed E-state index contributed by atoms with van der Waals surface area (Å²) in [6.45, 7) is 1.34. The average Bonchev–Trinajstić information content (AvgIpc) is 2.49. The van der Waals surface area contributed by atoms with Crippen molar-refractivity contribution in [1.82, 2.24) is 4.90 Å². The van der Waals surface area contributed by atoms with Gasteiger partial charge in [0.15, 0.2) is 0 Å². The van der Waals surface area contributed by atoms with Gasteiger partial charge in [0.2, 0.25) is 5.91 Å². The first kappa shape index (κ1) is 16.6. The Balaban J connectivity index is 2.46. The maximum atomic E-state index is 12.2. The highest BCUT2D eigenvalue weighted by molar-refractivity contribution is 5.81. The molecule has 5 heteroatoms. The largest absolute Gasteiger partial charge is 0.395 e. The Labute approximate surface area is 120 Å². The SMILES string of the molecule is NCCCN(CCO)C(=O)[C@H](N)CCc1ccccc1. The van der Waals surface area contributed by atoms with Gasteiger partial charge in [-0.25, -0.2) is 0 Å². The topological polar surface area (TPSA) is 92.6 Å². The Morgan fingerprint density at radius 2 is 1.95 bits per heavy atom. The fourth-order valence-corrected chi connectivity index (χ4v) is 2.06. The third kappa shape index (κ3) is 5.69. The van der Waals surface area contributed by atoms with Crippen LogP contribution < -0.4 is 11.5 Å². The Morgan fingerprint density at radius 1 is 1.25 bits per heavy atom. The zero-order valence-electron chi connectivity index (χ0n) is 11.9. The van der Waals surface area contributed by atoms with Crippen LogP contribution in [0.5, 0.6) is 0 Å². The number of aliphatic hydroxyl groups excluding tert-OH is 1. The van der Waals surface area contributed by atoms with Crippen molar-refractivity contribution < 1.29 is 9.90 Å². The molecule has 1 amide bonds. The van der Waals surface area contributed by atoms with Gasteiger partial charge >= 0.3 is 0 Å². The molecule has 0 unspecified atom stereocenters. The van der Waals surface area contributed by atoms with E-state index in [1.54, 1.807) is 4.90 Å². The van der Waals surface area contributed by atoms with Crippen LogP contribution in [0.1, 0.15) is 18.4 Å². The van der Waals surface area contributed by atoms with Gasteiger partial charge in [-0.05, 0) is 31.4 Å². The molecule has 1 aromatic carbocycles. The number of benzene rings is 1. The number of nitrogens with zero attached hydrogens (tertiary/aromatic N) is 1. The van der Waals surface area contributed by atoms with Gasteiger partial charge < -0.3 is 21.5 Å². The summed E-state index contributed by atoms with van der Waals surface area (Å²) in [5.74, 6) is -0.108. The number of hydrogen-bond donors (Lipinski definition) is 3. The van der Waals surface area contributed by atoms with Gasteiger partial charge in [0, 0.05) is 13.1 Å². The molecule has 0 aliphatic carbocycles. The molecule has 0 fully saturated rings. The molecule has 0 radical (unpaired) electrons. The van der Waals surface area contributed by atoms with Gasteiger partial charge in [-0.15, -0.1) is 0 Å². The maximum absolute atomic E-state index is 12.2. The van der Waals surface area contributed by atoms with E-state index in [9.17, 15) is 4.79 Å². The molecule has 112 valence electrons. The Hall–Kier alpha value is -1.43. The smallest absolute Gasteiger partial charge is 0.239 e. The first-order valence-corrected chi connectivity index (χ1v) is 7.08. The van der Waals surface area contributed by atoms with E-state index < -0.39 is 6.04 Å². The van der Waals surface area contributed by atoms with Crippen LogP contribution in [0.25, 0.3) is 0 Å². The molecule has 1 atom stereocenters. The molecule has 0 heterocycles. The quantitative estimate of drug-likeness (QED) is 0.598. The van der Waals surface area contributed by atoms with Crippen molar-refractivity contribution in [2.24, 2.45) is 11.5 Å². The van der Waals surface area contributed by atoms with E-state index in [0.717, 1.165) is 12.8 Å². The molecular weight excluding hydrogens is 254 g/mol. The normalized spacial score (nSPS) is 12.2. The summed E-state index contributed by atoms with van der Waals surface area (Å²) in [5, 5.41) is 9.01. The number of rotatable bonds is 9. The molecule has 0 aliphatic heterocycles. The van der Waals surface area contributed by atoms with Crippen LogP contribution in [-0.2, 0) is 11.2 Å². The summed E-state index contributed by atoms with van der Waals surface area (Å²) in [6, 6.07) is 9.43. The van der Waals surface area contributed by atoms with Crippen LogP contribution in [0, 0.1) is 0 Å². The Bertz CT molecular complexity index is 384. The van der Waals surface area contributed by atoms with Crippen molar-refractivity contribution in [3.05, 3.63) is 35.9 Å². The van der Waals surface area contributed by atoms with Crippen molar-refractivity contribution in [2.45, 2.75) is 25.3 Å². The van der Waals surface area contributed by atoms with Crippen molar-refractivity contribution >= 4 is 5.91 Å². The molecule has 1 rings (SSSR count). The van der Waals surface area contributed by atoms with Crippen LogP contribution in [0.4, 0.5) is 0 Å². The molecule has 0 spiro atoms. The first-order chi connectivity index (χ1) is 9.69. The van der Waals surface area contributed by atoms with Gasteiger partial charge in [0.1, 0.15) is 0 Å². The van der Waals surface area contributed by atoms with Gasteiger partial charge in [-0.2, -0.15) is 0 Å². The summed E-state index contributed by atoms with van der Waals surface area (Å²) < 4.78 is 0. The number of nitrogens with two attached hydrogens (primary N) is 2. The summed E-state index contributed by atoms with van der Waals surface area (Å²) in [5.41, 5.74) is 12.6. The van der Waals surface area contributed by atoms with Gasteiger partial charge in [0.05, 0.1) is 12.6 Å². The van der Waals surface area contributed by atoms with Crippen LogP contribution in [0.15, 0.2) is 30.3 Å². The molecule has 20 heavy (non-hydrogen) atoms. The number of aryl methyl sites for hydroxylation is 1. The van der Waals surface area contributed by atoms with E-state index in [4.69, 9.17) is 16.6 Å². The molecule has 0 saturated carbocycles. The van der Waals surface area contributed by atoms with Crippen molar-refractivity contribution in [2.75, 3.05) is 26.2 Å². The first-order valence-electron chi connectivity index (χ1n) is 7.08. The zero-order chi connectivity index (χ0) is 14.8. The second-order valence-corrected chi connectivity index (χ2v) is 4.82. The molecule has 1 aromatic rings. The van der Waals surface area contributed by atoms with E-state index in [-0.39, 0.29) is 12.5 Å². The lowest BCUT2D eigenvalue weighted by Gasteiger charge is -2.25. The monoisotopic (exact) mass is 279 g/mol. The predicted octanol–water partition coefficient (Wildman–Crippen LogP) is 0.116. The summed E-state index contributed by atoms with van der Waals surface area (Å²) >= 11 is 0.